The van der Waals surface area contributed by atoms with Crippen LogP contribution in [0.4, 0.5) is 0 Å². The Hall–Kier alpha value is -1.33. The zero-order valence-corrected chi connectivity index (χ0v) is 7.51. The van der Waals surface area contributed by atoms with Crippen molar-refractivity contribution in [3.05, 3.63) is 30.5 Å². The van der Waals surface area contributed by atoms with Gasteiger partial charge < -0.3 is 4.98 Å². The summed E-state index contributed by atoms with van der Waals surface area (Å²) in [6.07, 6.45) is 1.62. The van der Waals surface area contributed by atoms with Crippen molar-refractivity contribution in [1.82, 2.24) is 4.98 Å². The molecule has 1 aromatic carbocycles. The van der Waals surface area contributed by atoms with Crippen LogP contribution in [-0.2, 0) is 10.0 Å². The van der Waals surface area contributed by atoms with Crippen LogP contribution in [0.5, 0.6) is 0 Å². The van der Waals surface area contributed by atoms with Gasteiger partial charge in [0.05, 0.1) is 0 Å². The third kappa shape index (κ3) is 1.32. The number of sulfonamides is 1. The molecule has 0 aliphatic rings. The molecule has 3 N–H and O–H groups in total. The molecule has 0 aliphatic heterocycles. The Morgan fingerprint density at radius 1 is 1.23 bits per heavy atom. The van der Waals surface area contributed by atoms with E-state index < -0.39 is 10.0 Å². The van der Waals surface area contributed by atoms with E-state index in [2.05, 4.69) is 4.98 Å². The van der Waals surface area contributed by atoms with Gasteiger partial charge in [0.2, 0.25) is 0 Å². The minimum Gasteiger partial charge on any atom is -0.350 e. The van der Waals surface area contributed by atoms with Crippen LogP contribution < -0.4 is 5.14 Å². The summed E-state index contributed by atoms with van der Waals surface area (Å²) in [5, 5.41) is 6.55. The van der Waals surface area contributed by atoms with E-state index in [-0.39, 0.29) is 5.03 Å². The number of nitrogens with one attached hydrogen (secondary N) is 1. The lowest BCUT2D eigenvalue weighted by molar-refractivity contribution is 0.596. The summed E-state index contributed by atoms with van der Waals surface area (Å²) in [5.41, 5.74) is 0. The van der Waals surface area contributed by atoms with E-state index in [1.807, 2.05) is 12.1 Å². The van der Waals surface area contributed by atoms with Crippen molar-refractivity contribution in [2.45, 2.75) is 5.03 Å². The molecule has 0 amide bonds. The molecule has 0 bridgehead atoms. The zero-order chi connectivity index (χ0) is 9.47. The summed E-state index contributed by atoms with van der Waals surface area (Å²) >= 11 is 0. The molecule has 13 heavy (non-hydrogen) atoms. The predicted octanol–water partition coefficient (Wildman–Crippen LogP) is 0.815. The predicted molar refractivity (Wildman–Crippen MR) is 49.7 cm³/mol. The molecule has 0 unspecified atom stereocenters. The highest BCUT2D eigenvalue weighted by Gasteiger charge is 2.12. The number of hydrogen-bond acceptors (Lipinski definition) is 2. The summed E-state index contributed by atoms with van der Waals surface area (Å²) < 4.78 is 22.1. The van der Waals surface area contributed by atoms with Gasteiger partial charge in [0.25, 0.3) is 10.0 Å². The smallest absolute Gasteiger partial charge is 0.254 e. The average molecular weight is 196 g/mol. The number of fused-ring (bicyclic) bond motifs is 1. The van der Waals surface area contributed by atoms with Crippen molar-refractivity contribution in [3.63, 3.8) is 0 Å². The standard InChI is InChI=1S/C8H8N2O2S/c9-13(11,12)8-7-4-2-1-3-6(7)5-10-8/h1-5,10H,(H2,9,11,12). The fourth-order valence-corrected chi connectivity index (χ4v) is 2.00. The minimum atomic E-state index is -3.64. The van der Waals surface area contributed by atoms with Crippen LogP contribution in [0.15, 0.2) is 35.5 Å². The van der Waals surface area contributed by atoms with Crippen LogP contribution in [0.3, 0.4) is 0 Å². The Morgan fingerprint density at radius 2 is 1.92 bits per heavy atom. The van der Waals surface area contributed by atoms with Crippen molar-refractivity contribution in [1.29, 1.82) is 0 Å². The zero-order valence-electron chi connectivity index (χ0n) is 6.69. The largest absolute Gasteiger partial charge is 0.350 e. The van der Waals surface area contributed by atoms with Crippen LogP contribution in [0.25, 0.3) is 10.8 Å². The topological polar surface area (TPSA) is 76.0 Å². The molecule has 68 valence electrons. The highest BCUT2D eigenvalue weighted by Crippen LogP contribution is 2.20. The molecule has 0 spiro atoms. The Bertz CT molecular complexity index is 542. The number of H-pyrrole nitrogens is 1. The van der Waals surface area contributed by atoms with Crippen LogP contribution in [-0.4, -0.2) is 13.4 Å². The van der Waals surface area contributed by atoms with Crippen LogP contribution >= 0.6 is 0 Å². The first-order valence-electron chi connectivity index (χ1n) is 3.68. The first-order valence-corrected chi connectivity index (χ1v) is 5.22. The quantitative estimate of drug-likeness (QED) is 0.708. The van der Waals surface area contributed by atoms with E-state index in [0.717, 1.165) is 5.39 Å². The lowest BCUT2D eigenvalue weighted by atomic mass is 10.2. The second-order valence-corrected chi connectivity index (χ2v) is 4.25. The molecule has 2 aromatic rings. The fraction of sp³-hybridized carbons (Fsp3) is 0. The Morgan fingerprint density at radius 3 is 2.62 bits per heavy atom. The Kier molecular flexibility index (Phi) is 1.64. The molecule has 1 heterocycles. The van der Waals surface area contributed by atoms with Gasteiger partial charge in [0.1, 0.15) is 0 Å². The minimum absolute atomic E-state index is 0.0723. The third-order valence-corrected chi connectivity index (χ3v) is 2.76. The number of hydrogen-bond donors (Lipinski definition) is 2. The maximum absolute atomic E-state index is 11.1. The highest BCUT2D eigenvalue weighted by molar-refractivity contribution is 7.89. The fourth-order valence-electron chi connectivity index (χ4n) is 1.29. The summed E-state index contributed by atoms with van der Waals surface area (Å²) in [5.74, 6) is 0. The summed E-state index contributed by atoms with van der Waals surface area (Å²) in [4.78, 5) is 2.64. The number of rotatable bonds is 1. The normalized spacial score (nSPS) is 12.1. The van der Waals surface area contributed by atoms with Crippen molar-refractivity contribution in [2.75, 3.05) is 0 Å². The molecule has 2 rings (SSSR count). The monoisotopic (exact) mass is 196 g/mol. The summed E-state index contributed by atoms with van der Waals surface area (Å²) in [6, 6.07) is 7.14. The summed E-state index contributed by atoms with van der Waals surface area (Å²) in [6.45, 7) is 0. The second kappa shape index (κ2) is 2.58. The van der Waals surface area contributed by atoms with Crippen molar-refractivity contribution >= 4 is 20.8 Å². The van der Waals surface area contributed by atoms with E-state index >= 15 is 0 Å². The molecule has 0 saturated heterocycles. The first-order chi connectivity index (χ1) is 6.09. The lowest BCUT2D eigenvalue weighted by Gasteiger charge is -1.93. The highest BCUT2D eigenvalue weighted by atomic mass is 32.2. The summed E-state index contributed by atoms with van der Waals surface area (Å²) in [7, 11) is -3.64. The number of aromatic nitrogens is 1. The van der Waals surface area contributed by atoms with Gasteiger partial charge in [-0.2, -0.15) is 0 Å². The molecular formula is C8H8N2O2S. The molecule has 0 saturated carbocycles. The van der Waals surface area contributed by atoms with E-state index in [0.29, 0.717) is 5.39 Å². The van der Waals surface area contributed by atoms with Gasteiger partial charge in [0, 0.05) is 17.0 Å². The third-order valence-electron chi connectivity index (χ3n) is 1.85. The number of nitrogens with two attached hydrogens (primary N) is 1. The van der Waals surface area contributed by atoms with Gasteiger partial charge in [-0.25, -0.2) is 13.6 Å². The Labute approximate surface area is 75.4 Å². The van der Waals surface area contributed by atoms with Crippen molar-refractivity contribution in [3.8, 4) is 0 Å². The van der Waals surface area contributed by atoms with Gasteiger partial charge in [-0.1, -0.05) is 24.3 Å². The SMILES string of the molecule is NS(=O)(=O)c1[nH]cc2ccccc12. The van der Waals surface area contributed by atoms with Crippen molar-refractivity contribution < 1.29 is 8.42 Å². The van der Waals surface area contributed by atoms with Gasteiger partial charge in [-0.05, 0) is 0 Å². The van der Waals surface area contributed by atoms with Gasteiger partial charge >= 0.3 is 0 Å². The second-order valence-electron chi connectivity index (χ2n) is 2.75. The first kappa shape index (κ1) is 8.28. The van der Waals surface area contributed by atoms with Crippen LogP contribution in [0, 0.1) is 0 Å². The molecule has 0 aliphatic carbocycles. The van der Waals surface area contributed by atoms with Gasteiger partial charge in [0.15, 0.2) is 5.03 Å². The molecule has 1 aromatic heterocycles. The molecule has 5 heteroatoms. The molecule has 0 atom stereocenters. The molecular weight excluding hydrogens is 188 g/mol. The maximum atomic E-state index is 11.1. The molecule has 0 fully saturated rings. The van der Waals surface area contributed by atoms with E-state index in [1.165, 1.54) is 0 Å². The van der Waals surface area contributed by atoms with E-state index in [9.17, 15) is 8.42 Å². The molecule has 4 nitrogen and oxygen atoms in total. The maximum Gasteiger partial charge on any atom is 0.254 e. The van der Waals surface area contributed by atoms with Crippen LogP contribution in [0.1, 0.15) is 0 Å². The number of aromatic amines is 1. The van der Waals surface area contributed by atoms with E-state index in [1.54, 1.807) is 18.3 Å². The Balaban J connectivity index is 2.87. The average Bonchev–Trinajstić information content (AvgIpc) is 2.45. The number of primary sulfonamides is 1. The van der Waals surface area contributed by atoms with Gasteiger partial charge in [-0.15, -0.1) is 0 Å². The van der Waals surface area contributed by atoms with Crippen LogP contribution in [0.2, 0.25) is 0 Å². The molecule has 0 radical (unpaired) electrons. The van der Waals surface area contributed by atoms with Crippen molar-refractivity contribution in [2.24, 2.45) is 5.14 Å². The lowest BCUT2D eigenvalue weighted by Crippen LogP contribution is -2.12. The number of benzene rings is 1. The van der Waals surface area contributed by atoms with Gasteiger partial charge in [-0.3, -0.25) is 0 Å². The van der Waals surface area contributed by atoms with E-state index in [4.69, 9.17) is 5.14 Å².